The lowest BCUT2D eigenvalue weighted by Crippen LogP contribution is -2.61. The van der Waals surface area contributed by atoms with E-state index in [1.807, 2.05) is 55.4 Å². The van der Waals surface area contributed by atoms with Gasteiger partial charge in [-0.15, -0.1) is 20.5 Å². The summed E-state index contributed by atoms with van der Waals surface area (Å²) in [5, 5.41) is 27.1. The van der Waals surface area contributed by atoms with E-state index in [2.05, 4.69) is 0 Å². The smallest absolute Gasteiger partial charge is 0.201 e. The van der Waals surface area contributed by atoms with Crippen LogP contribution < -0.4 is 0 Å². The standard InChI is InChI=1S/C20H34N2O4/c1-17(2)9-13(10-18(3,4)21(17)25)15(23)16(24)14-11-19(5,6)22(26)20(7,8)12-14/h13-14H,9-12H2,1-8H3. The summed E-state index contributed by atoms with van der Waals surface area (Å²) in [4.78, 5) is 26.0. The number of ketones is 2. The van der Waals surface area contributed by atoms with E-state index in [0.717, 1.165) is 10.1 Å². The Morgan fingerprint density at radius 2 is 0.769 bits per heavy atom. The van der Waals surface area contributed by atoms with Gasteiger partial charge in [-0.05, 0) is 81.1 Å². The number of Topliss-reactive ketones (excluding diaryl/α,β-unsaturated/α-hetero) is 2. The molecule has 0 aromatic rings. The second-order valence-corrected chi connectivity index (χ2v) is 10.8. The normalized spacial score (nSPS) is 29.5. The first kappa shape index (κ1) is 21.5. The van der Waals surface area contributed by atoms with Gasteiger partial charge in [0.2, 0.25) is 11.6 Å². The number of nitrogens with zero attached hydrogens (tertiary/aromatic N) is 2. The van der Waals surface area contributed by atoms with Gasteiger partial charge in [-0.1, -0.05) is 0 Å². The van der Waals surface area contributed by atoms with Crippen molar-refractivity contribution in [3.8, 4) is 0 Å². The molecule has 6 heteroatoms. The van der Waals surface area contributed by atoms with Gasteiger partial charge in [0.05, 0.1) is 0 Å². The highest BCUT2D eigenvalue weighted by Crippen LogP contribution is 2.43. The van der Waals surface area contributed by atoms with Crippen LogP contribution in [0.15, 0.2) is 0 Å². The maximum atomic E-state index is 13.0. The number of hydroxylamine groups is 4. The maximum Gasteiger partial charge on any atom is 0.201 e. The molecule has 2 aliphatic heterocycles. The van der Waals surface area contributed by atoms with Crippen molar-refractivity contribution in [1.82, 2.24) is 10.1 Å². The molecule has 0 N–H and O–H groups in total. The van der Waals surface area contributed by atoms with Gasteiger partial charge in [0.25, 0.3) is 0 Å². The summed E-state index contributed by atoms with van der Waals surface area (Å²) in [5.41, 5.74) is -2.73. The van der Waals surface area contributed by atoms with Gasteiger partial charge in [0.15, 0.2) is 0 Å². The molecule has 0 amide bonds. The summed E-state index contributed by atoms with van der Waals surface area (Å²) in [6.45, 7) is 14.6. The summed E-state index contributed by atoms with van der Waals surface area (Å²) < 4.78 is 0. The van der Waals surface area contributed by atoms with Crippen LogP contribution in [0.3, 0.4) is 0 Å². The zero-order valence-corrected chi connectivity index (χ0v) is 17.5. The van der Waals surface area contributed by atoms with E-state index in [-0.39, 0.29) is 11.6 Å². The molecule has 0 saturated carbocycles. The van der Waals surface area contributed by atoms with Gasteiger partial charge in [-0.2, -0.15) is 0 Å². The van der Waals surface area contributed by atoms with Crippen molar-refractivity contribution in [1.29, 1.82) is 0 Å². The molecule has 2 radical (unpaired) electrons. The quantitative estimate of drug-likeness (QED) is 0.717. The molecule has 0 aliphatic carbocycles. The minimum absolute atomic E-state index is 0.366. The van der Waals surface area contributed by atoms with Crippen LogP contribution >= 0.6 is 0 Å². The Morgan fingerprint density at radius 3 is 0.962 bits per heavy atom. The highest BCUT2D eigenvalue weighted by Gasteiger charge is 2.52. The van der Waals surface area contributed by atoms with Crippen LogP contribution in [0.4, 0.5) is 0 Å². The van der Waals surface area contributed by atoms with E-state index in [1.54, 1.807) is 0 Å². The molecule has 0 atom stereocenters. The first-order valence-electron chi connectivity index (χ1n) is 9.54. The molecular formula is C20H34N2O4. The van der Waals surface area contributed by atoms with Gasteiger partial charge in [-0.3, -0.25) is 9.59 Å². The van der Waals surface area contributed by atoms with Crippen LogP contribution in [0.25, 0.3) is 0 Å². The van der Waals surface area contributed by atoms with Crippen molar-refractivity contribution in [2.24, 2.45) is 11.8 Å². The van der Waals surface area contributed by atoms with Gasteiger partial charge >= 0.3 is 0 Å². The van der Waals surface area contributed by atoms with E-state index in [0.29, 0.717) is 25.7 Å². The SMILES string of the molecule is CC1(C)CC(C(=O)C(=O)C2CC(C)(C)N([O])C(C)(C)C2)CC(C)(C)N1[O]. The van der Waals surface area contributed by atoms with Crippen molar-refractivity contribution >= 4 is 11.6 Å². The fourth-order valence-electron chi connectivity index (χ4n) is 5.30. The van der Waals surface area contributed by atoms with Crippen LogP contribution in [0.1, 0.15) is 81.1 Å². The molecule has 0 aromatic heterocycles. The molecular weight excluding hydrogens is 332 g/mol. The Balaban J connectivity index is 2.21. The summed E-state index contributed by atoms with van der Waals surface area (Å²) in [7, 11) is 0. The van der Waals surface area contributed by atoms with Crippen molar-refractivity contribution in [3.05, 3.63) is 0 Å². The summed E-state index contributed by atoms with van der Waals surface area (Å²) in [6, 6.07) is 0. The Morgan fingerprint density at radius 1 is 0.577 bits per heavy atom. The molecule has 2 saturated heterocycles. The number of hydrogen-bond donors (Lipinski definition) is 0. The first-order chi connectivity index (χ1) is 11.5. The predicted molar refractivity (Wildman–Crippen MR) is 96.8 cm³/mol. The van der Waals surface area contributed by atoms with E-state index in [1.165, 1.54) is 0 Å². The zero-order chi connectivity index (χ0) is 20.3. The molecule has 148 valence electrons. The van der Waals surface area contributed by atoms with Crippen LogP contribution in [-0.4, -0.2) is 43.8 Å². The molecule has 6 nitrogen and oxygen atoms in total. The first-order valence-corrected chi connectivity index (χ1v) is 9.54. The highest BCUT2D eigenvalue weighted by molar-refractivity contribution is 6.38. The molecule has 2 heterocycles. The van der Waals surface area contributed by atoms with Crippen molar-refractivity contribution in [2.45, 2.75) is 103 Å². The number of piperidine rings is 2. The lowest BCUT2D eigenvalue weighted by Gasteiger charge is -2.50. The Labute approximate surface area is 157 Å². The predicted octanol–water partition coefficient (Wildman–Crippen LogP) is 3.35. The minimum atomic E-state index is -0.681. The second kappa shape index (κ2) is 6.36. The monoisotopic (exact) mass is 366 g/mol. The highest BCUT2D eigenvalue weighted by atomic mass is 16.5. The van der Waals surface area contributed by atoms with Crippen LogP contribution in [0, 0.1) is 11.8 Å². The number of carbonyl (C=O) groups excluding carboxylic acids is 2. The maximum absolute atomic E-state index is 13.0. The van der Waals surface area contributed by atoms with E-state index in [9.17, 15) is 20.0 Å². The number of carbonyl (C=O) groups is 2. The number of hydrogen-bond acceptors (Lipinski definition) is 4. The third-order valence-electron chi connectivity index (χ3n) is 6.17. The fourth-order valence-corrected chi connectivity index (χ4v) is 5.30. The van der Waals surface area contributed by atoms with Crippen LogP contribution in [-0.2, 0) is 20.0 Å². The van der Waals surface area contributed by atoms with Crippen molar-refractivity contribution in [2.75, 3.05) is 0 Å². The Bertz CT molecular complexity index is 507. The lowest BCUT2D eigenvalue weighted by atomic mass is 9.69. The molecule has 0 spiro atoms. The van der Waals surface area contributed by atoms with Gasteiger partial charge in [-0.25, -0.2) is 0 Å². The molecule has 26 heavy (non-hydrogen) atoms. The van der Waals surface area contributed by atoms with E-state index < -0.39 is 34.0 Å². The summed E-state index contributed by atoms with van der Waals surface area (Å²) >= 11 is 0. The summed E-state index contributed by atoms with van der Waals surface area (Å²) in [5.74, 6) is -1.60. The Hall–Kier alpha value is -0.820. The van der Waals surface area contributed by atoms with Crippen LogP contribution in [0.2, 0.25) is 0 Å². The van der Waals surface area contributed by atoms with Gasteiger partial charge < -0.3 is 0 Å². The number of rotatable bonds is 3. The third-order valence-corrected chi connectivity index (χ3v) is 6.17. The topological polar surface area (TPSA) is 80.4 Å². The molecule has 2 fully saturated rings. The van der Waals surface area contributed by atoms with Crippen LogP contribution in [0.5, 0.6) is 0 Å². The molecule has 0 bridgehead atoms. The van der Waals surface area contributed by atoms with Crippen molar-refractivity contribution < 1.29 is 20.0 Å². The van der Waals surface area contributed by atoms with Gasteiger partial charge in [0, 0.05) is 34.0 Å². The molecule has 2 rings (SSSR count). The fraction of sp³-hybridized carbons (Fsp3) is 0.900. The Kier molecular flexibility index (Phi) is 5.26. The molecule has 2 aliphatic rings. The summed E-state index contributed by atoms with van der Waals surface area (Å²) in [6.07, 6.45) is 1.55. The second-order valence-electron chi connectivity index (χ2n) is 10.8. The zero-order valence-electron chi connectivity index (χ0n) is 17.5. The van der Waals surface area contributed by atoms with Crippen molar-refractivity contribution in [3.63, 3.8) is 0 Å². The average Bonchev–Trinajstić information content (AvgIpc) is 2.47. The lowest BCUT2D eigenvalue weighted by molar-refractivity contribution is -0.293. The van der Waals surface area contributed by atoms with Gasteiger partial charge in [0.1, 0.15) is 0 Å². The largest absolute Gasteiger partial charge is 0.291 e. The van der Waals surface area contributed by atoms with E-state index >= 15 is 0 Å². The molecule has 0 unspecified atom stereocenters. The average molecular weight is 367 g/mol. The minimum Gasteiger partial charge on any atom is -0.291 e. The molecule has 0 aromatic carbocycles. The third kappa shape index (κ3) is 3.75. The van der Waals surface area contributed by atoms with E-state index in [4.69, 9.17) is 0 Å².